The normalized spacial score (nSPS) is 12.3. The van der Waals surface area contributed by atoms with E-state index in [1.165, 1.54) is 49.5 Å². The summed E-state index contributed by atoms with van der Waals surface area (Å²) in [5, 5.41) is 10.9. The molecule has 1 N–H and O–H groups in total. The van der Waals surface area contributed by atoms with Crippen LogP contribution >= 0.6 is 11.6 Å². The number of aromatic amines is 1. The molecule has 8 heteroatoms. The Kier molecular flexibility index (Phi) is 7.75. The Morgan fingerprint density at radius 3 is 2.12 bits per heavy atom. The number of sulfone groups is 1. The van der Waals surface area contributed by atoms with Gasteiger partial charge in [-0.05, 0) is 13.3 Å². The molecular weight excluding hydrogens is 360 g/mol. The molecule has 0 radical (unpaired) electrons. The fraction of sp³-hybridized carbons (Fsp3) is 0.765. The van der Waals surface area contributed by atoms with Crippen LogP contribution in [0.25, 0.3) is 5.65 Å². The van der Waals surface area contributed by atoms with E-state index < -0.39 is 9.84 Å². The molecule has 0 bridgehead atoms. The third-order valence-electron chi connectivity index (χ3n) is 4.48. The lowest BCUT2D eigenvalue weighted by molar-refractivity contribution is 0.554. The highest BCUT2D eigenvalue weighted by molar-refractivity contribution is 7.91. The second kappa shape index (κ2) is 9.57. The number of rotatable bonds is 12. The van der Waals surface area contributed by atoms with Crippen molar-refractivity contribution < 1.29 is 8.42 Å². The third kappa shape index (κ3) is 5.45. The fourth-order valence-corrected chi connectivity index (χ4v) is 4.48. The summed E-state index contributed by atoms with van der Waals surface area (Å²) in [6.45, 7) is 4.00. The first-order valence-electron chi connectivity index (χ1n) is 9.29. The molecule has 0 aromatic carbocycles. The predicted octanol–water partition coefficient (Wildman–Crippen LogP) is 4.71. The van der Waals surface area contributed by atoms with Crippen molar-refractivity contribution >= 4 is 27.1 Å². The summed E-state index contributed by atoms with van der Waals surface area (Å²) in [6.07, 6.45) is 11.7. The number of nitrogens with one attached hydrogen (secondary N) is 1. The topological polar surface area (TPSA) is 80.1 Å². The van der Waals surface area contributed by atoms with Gasteiger partial charge in [-0.1, -0.05) is 76.3 Å². The molecule has 2 rings (SSSR count). The number of hydrogen-bond acceptors (Lipinski definition) is 4. The van der Waals surface area contributed by atoms with Gasteiger partial charge < -0.3 is 0 Å². The summed E-state index contributed by atoms with van der Waals surface area (Å²) in [6, 6.07) is 0. The molecule has 0 spiro atoms. The number of nitrogens with zero attached hydrogens (tertiary/aromatic N) is 3. The lowest BCUT2D eigenvalue weighted by atomic mass is 10.1. The standard InChI is InChI=1S/C17H29ClN4O2S/c1-3-4-5-6-7-8-9-10-11-12-13-25(23,24)17-20-19-16-15(18)14(2)21-22(16)17/h21H,3-13H2,1-2H3. The van der Waals surface area contributed by atoms with Gasteiger partial charge in [0.2, 0.25) is 9.84 Å². The highest BCUT2D eigenvalue weighted by Gasteiger charge is 2.24. The molecule has 6 nitrogen and oxygen atoms in total. The van der Waals surface area contributed by atoms with E-state index in [4.69, 9.17) is 11.6 Å². The lowest BCUT2D eigenvalue weighted by Gasteiger charge is -2.03. The molecule has 142 valence electrons. The van der Waals surface area contributed by atoms with Crippen LogP contribution in [0.1, 0.15) is 76.8 Å². The highest BCUT2D eigenvalue weighted by Crippen LogP contribution is 2.22. The van der Waals surface area contributed by atoms with Crippen LogP contribution in [0.3, 0.4) is 0 Å². The number of unbranched alkanes of at least 4 members (excludes halogenated alkanes) is 9. The van der Waals surface area contributed by atoms with E-state index in [0.717, 1.165) is 12.8 Å². The minimum Gasteiger partial charge on any atom is -0.293 e. The summed E-state index contributed by atoms with van der Waals surface area (Å²) < 4.78 is 26.3. The molecule has 0 unspecified atom stereocenters. The first-order chi connectivity index (χ1) is 12.0. The highest BCUT2D eigenvalue weighted by atomic mass is 35.5. The zero-order valence-electron chi connectivity index (χ0n) is 15.2. The SMILES string of the molecule is CCCCCCCCCCCCS(=O)(=O)c1nnc2c(Cl)c(C)[nH]n12. The fourth-order valence-electron chi connectivity index (χ4n) is 2.97. The van der Waals surface area contributed by atoms with E-state index in [2.05, 4.69) is 22.2 Å². The van der Waals surface area contributed by atoms with Gasteiger partial charge in [0.15, 0.2) is 5.65 Å². The van der Waals surface area contributed by atoms with Crippen molar-refractivity contribution in [3.8, 4) is 0 Å². The monoisotopic (exact) mass is 388 g/mol. The first kappa shape index (κ1) is 20.2. The summed E-state index contributed by atoms with van der Waals surface area (Å²) in [5.74, 6) is 0.0972. The second-order valence-electron chi connectivity index (χ2n) is 6.69. The molecule has 25 heavy (non-hydrogen) atoms. The third-order valence-corrected chi connectivity index (χ3v) is 6.58. The molecule has 0 amide bonds. The molecule has 0 saturated heterocycles. The van der Waals surface area contributed by atoms with Crippen LogP contribution < -0.4 is 0 Å². The van der Waals surface area contributed by atoms with Crippen LogP contribution in [0.2, 0.25) is 5.02 Å². The van der Waals surface area contributed by atoms with Gasteiger partial charge in [0.1, 0.15) is 5.02 Å². The average molecular weight is 389 g/mol. The molecule has 2 heterocycles. The van der Waals surface area contributed by atoms with E-state index in [9.17, 15) is 8.42 Å². The van der Waals surface area contributed by atoms with Gasteiger partial charge in [0.25, 0.3) is 5.16 Å². The molecule has 2 aromatic heterocycles. The zero-order valence-corrected chi connectivity index (χ0v) is 16.8. The molecule has 0 aliphatic rings. The Labute approximate surface area is 155 Å². The van der Waals surface area contributed by atoms with Crippen molar-refractivity contribution in [2.24, 2.45) is 0 Å². The smallest absolute Gasteiger partial charge is 0.268 e. The van der Waals surface area contributed by atoms with Gasteiger partial charge in [-0.2, -0.15) is 0 Å². The van der Waals surface area contributed by atoms with Crippen molar-refractivity contribution in [1.82, 2.24) is 19.8 Å². The van der Waals surface area contributed by atoms with Gasteiger partial charge in [0.05, 0.1) is 11.4 Å². The summed E-state index contributed by atoms with van der Waals surface area (Å²) in [4.78, 5) is 0. The Morgan fingerprint density at radius 2 is 1.52 bits per heavy atom. The van der Waals surface area contributed by atoms with Crippen molar-refractivity contribution in [3.05, 3.63) is 10.7 Å². The van der Waals surface area contributed by atoms with Crippen LogP contribution in [0, 0.1) is 6.92 Å². The molecule has 0 saturated carbocycles. The molecule has 2 aromatic rings. The molecule has 0 aliphatic heterocycles. The molecule has 0 aliphatic carbocycles. The second-order valence-corrected chi connectivity index (χ2v) is 9.07. The van der Waals surface area contributed by atoms with Crippen LogP contribution in [0.5, 0.6) is 0 Å². The maximum absolute atomic E-state index is 12.5. The van der Waals surface area contributed by atoms with Crippen LogP contribution in [-0.2, 0) is 9.84 Å². The van der Waals surface area contributed by atoms with Crippen LogP contribution in [0.15, 0.2) is 5.16 Å². The van der Waals surface area contributed by atoms with E-state index in [1.54, 1.807) is 6.92 Å². The summed E-state index contributed by atoms with van der Waals surface area (Å²) in [5.41, 5.74) is 1.04. The number of fused-ring (bicyclic) bond motifs is 1. The van der Waals surface area contributed by atoms with Gasteiger partial charge in [-0.25, -0.2) is 12.9 Å². The van der Waals surface area contributed by atoms with Crippen LogP contribution in [0.4, 0.5) is 0 Å². The van der Waals surface area contributed by atoms with Crippen molar-refractivity contribution in [3.63, 3.8) is 0 Å². The minimum absolute atomic E-state index is 0.0478. The van der Waals surface area contributed by atoms with Gasteiger partial charge in [-0.15, -0.1) is 10.2 Å². The predicted molar refractivity (Wildman–Crippen MR) is 101 cm³/mol. The maximum atomic E-state index is 12.5. The van der Waals surface area contributed by atoms with Gasteiger partial charge in [0, 0.05) is 0 Å². The van der Waals surface area contributed by atoms with Crippen molar-refractivity contribution in [2.75, 3.05) is 5.75 Å². The van der Waals surface area contributed by atoms with Crippen LogP contribution in [-0.4, -0.2) is 34.0 Å². The number of H-pyrrole nitrogens is 1. The quantitative estimate of drug-likeness (QED) is 0.533. The number of halogens is 1. The Balaban J connectivity index is 1.72. The molecular formula is C17H29ClN4O2S. The summed E-state index contributed by atoms with van der Waals surface area (Å²) in [7, 11) is -3.46. The van der Waals surface area contributed by atoms with Gasteiger partial charge in [-0.3, -0.25) is 5.10 Å². The van der Waals surface area contributed by atoms with Crippen molar-refractivity contribution in [1.29, 1.82) is 0 Å². The largest absolute Gasteiger partial charge is 0.293 e. The van der Waals surface area contributed by atoms with E-state index in [0.29, 0.717) is 22.8 Å². The van der Waals surface area contributed by atoms with E-state index in [-0.39, 0.29) is 10.9 Å². The van der Waals surface area contributed by atoms with Crippen molar-refractivity contribution in [2.45, 2.75) is 83.2 Å². The summed E-state index contributed by atoms with van der Waals surface area (Å²) >= 11 is 6.07. The Hall–Kier alpha value is -1.08. The lowest BCUT2D eigenvalue weighted by Crippen LogP contribution is -2.11. The van der Waals surface area contributed by atoms with E-state index >= 15 is 0 Å². The zero-order chi connectivity index (χ0) is 18.3. The maximum Gasteiger partial charge on any atom is 0.268 e. The van der Waals surface area contributed by atoms with E-state index in [1.807, 2.05) is 0 Å². The molecule has 0 fully saturated rings. The average Bonchev–Trinajstić information content (AvgIpc) is 3.10. The number of aryl methyl sites for hydroxylation is 1. The van der Waals surface area contributed by atoms with Gasteiger partial charge >= 0.3 is 0 Å². The minimum atomic E-state index is -3.46. The number of aromatic nitrogens is 4. The molecule has 0 atom stereocenters. The number of hydrogen-bond donors (Lipinski definition) is 1. The first-order valence-corrected chi connectivity index (χ1v) is 11.3. The Morgan fingerprint density at radius 1 is 0.960 bits per heavy atom. The Bertz CT molecular complexity index is 767.